The second-order valence-electron chi connectivity index (χ2n) is 5.14. The standard InChI is InChI=1S/C17H18FN3O2S/c1-11-3-4-13(9-15(11)18)17(23)20-8-7-19-16(22)6-5-14-10-24-12(2)21-14/h3-6,9-10H,7-8H2,1-2H3,(H,19,22)(H,20,23)/b6-5+. The number of benzene rings is 1. The Bertz CT molecular complexity index is 771. The SMILES string of the molecule is Cc1nc(/C=C/C(=O)NCCNC(=O)c2ccc(C)c(F)c2)cs1. The fourth-order valence-corrected chi connectivity index (χ4v) is 2.46. The van der Waals surface area contributed by atoms with Gasteiger partial charge in [0, 0.05) is 30.1 Å². The summed E-state index contributed by atoms with van der Waals surface area (Å²) < 4.78 is 13.4. The fraction of sp³-hybridized carbons (Fsp3) is 0.235. The van der Waals surface area contributed by atoms with E-state index in [0.29, 0.717) is 5.56 Å². The number of aryl methyl sites for hydroxylation is 2. The number of halogens is 1. The van der Waals surface area contributed by atoms with Crippen LogP contribution in [0.15, 0.2) is 29.7 Å². The van der Waals surface area contributed by atoms with Crippen molar-refractivity contribution in [1.29, 1.82) is 0 Å². The zero-order valence-corrected chi connectivity index (χ0v) is 14.2. The third-order valence-corrected chi connectivity index (χ3v) is 3.98. The summed E-state index contributed by atoms with van der Waals surface area (Å²) in [7, 11) is 0. The first-order chi connectivity index (χ1) is 11.5. The van der Waals surface area contributed by atoms with E-state index in [1.54, 1.807) is 25.1 Å². The van der Waals surface area contributed by atoms with Crippen LogP contribution < -0.4 is 10.6 Å². The summed E-state index contributed by atoms with van der Waals surface area (Å²) >= 11 is 1.51. The molecule has 1 aromatic heterocycles. The van der Waals surface area contributed by atoms with Gasteiger partial charge in [0.25, 0.3) is 5.91 Å². The predicted molar refractivity (Wildman–Crippen MR) is 92.4 cm³/mol. The molecule has 5 nitrogen and oxygen atoms in total. The molecule has 0 bridgehead atoms. The number of carbonyl (C=O) groups excluding carboxylic acids is 2. The molecule has 7 heteroatoms. The zero-order chi connectivity index (χ0) is 17.5. The molecule has 0 atom stereocenters. The van der Waals surface area contributed by atoms with Gasteiger partial charge in [-0.1, -0.05) is 6.07 Å². The summed E-state index contributed by atoms with van der Waals surface area (Å²) in [6.07, 6.45) is 3.03. The number of rotatable bonds is 6. The lowest BCUT2D eigenvalue weighted by molar-refractivity contribution is -0.116. The van der Waals surface area contributed by atoms with Crippen LogP contribution in [0.1, 0.15) is 26.6 Å². The van der Waals surface area contributed by atoms with Crippen LogP contribution in [0.3, 0.4) is 0 Å². The number of nitrogens with zero attached hydrogens (tertiary/aromatic N) is 1. The van der Waals surface area contributed by atoms with Gasteiger partial charge < -0.3 is 10.6 Å². The van der Waals surface area contributed by atoms with E-state index in [4.69, 9.17) is 0 Å². The van der Waals surface area contributed by atoms with Gasteiger partial charge in [0.05, 0.1) is 10.7 Å². The van der Waals surface area contributed by atoms with E-state index in [1.165, 1.54) is 23.5 Å². The van der Waals surface area contributed by atoms with Crippen molar-refractivity contribution in [3.8, 4) is 0 Å². The molecular formula is C17H18FN3O2S. The lowest BCUT2D eigenvalue weighted by atomic mass is 10.1. The Balaban J connectivity index is 1.72. The van der Waals surface area contributed by atoms with E-state index in [0.717, 1.165) is 10.7 Å². The number of carbonyl (C=O) groups is 2. The first kappa shape index (κ1) is 17.8. The Kier molecular flexibility index (Phi) is 6.20. The number of aromatic nitrogens is 1. The molecule has 0 unspecified atom stereocenters. The number of amides is 2. The zero-order valence-electron chi connectivity index (χ0n) is 13.4. The van der Waals surface area contributed by atoms with Crippen LogP contribution in [0.2, 0.25) is 0 Å². The van der Waals surface area contributed by atoms with Crippen molar-refractivity contribution in [1.82, 2.24) is 15.6 Å². The van der Waals surface area contributed by atoms with E-state index in [-0.39, 0.29) is 30.5 Å². The number of thiazole rings is 1. The molecule has 1 heterocycles. The molecule has 0 spiro atoms. The van der Waals surface area contributed by atoms with Crippen LogP contribution in [-0.4, -0.2) is 29.9 Å². The average Bonchev–Trinajstić information content (AvgIpc) is 2.97. The van der Waals surface area contributed by atoms with Crippen molar-refractivity contribution in [3.05, 3.63) is 57.3 Å². The molecule has 0 radical (unpaired) electrons. The van der Waals surface area contributed by atoms with Crippen molar-refractivity contribution in [2.45, 2.75) is 13.8 Å². The molecule has 0 aliphatic heterocycles. The number of hydrogen-bond donors (Lipinski definition) is 2. The Hall–Kier alpha value is -2.54. The normalized spacial score (nSPS) is 10.8. The first-order valence-electron chi connectivity index (χ1n) is 7.38. The van der Waals surface area contributed by atoms with E-state index in [2.05, 4.69) is 15.6 Å². The number of hydrogen-bond acceptors (Lipinski definition) is 4. The Labute approximate surface area is 143 Å². The van der Waals surface area contributed by atoms with Gasteiger partial charge in [-0.25, -0.2) is 9.37 Å². The van der Waals surface area contributed by atoms with Gasteiger partial charge in [-0.2, -0.15) is 0 Å². The van der Waals surface area contributed by atoms with Crippen molar-refractivity contribution < 1.29 is 14.0 Å². The van der Waals surface area contributed by atoms with Gasteiger partial charge >= 0.3 is 0 Å². The topological polar surface area (TPSA) is 71.1 Å². The van der Waals surface area contributed by atoms with Gasteiger partial charge in [-0.05, 0) is 37.6 Å². The highest BCUT2D eigenvalue weighted by Gasteiger charge is 2.07. The Morgan fingerprint density at radius 3 is 2.67 bits per heavy atom. The number of nitrogens with one attached hydrogen (secondary N) is 2. The summed E-state index contributed by atoms with van der Waals surface area (Å²) in [6, 6.07) is 4.31. The monoisotopic (exact) mass is 347 g/mol. The third-order valence-electron chi connectivity index (χ3n) is 3.19. The molecule has 24 heavy (non-hydrogen) atoms. The largest absolute Gasteiger partial charge is 0.351 e. The molecule has 2 amide bonds. The molecular weight excluding hydrogens is 329 g/mol. The quantitative estimate of drug-likeness (QED) is 0.623. The highest BCUT2D eigenvalue weighted by atomic mass is 32.1. The molecule has 2 rings (SSSR count). The maximum Gasteiger partial charge on any atom is 0.251 e. The van der Waals surface area contributed by atoms with E-state index in [1.807, 2.05) is 12.3 Å². The van der Waals surface area contributed by atoms with Crippen LogP contribution in [0.4, 0.5) is 4.39 Å². The van der Waals surface area contributed by atoms with Crippen molar-refractivity contribution >= 4 is 29.2 Å². The molecule has 2 aromatic rings. The second-order valence-corrected chi connectivity index (χ2v) is 6.20. The molecule has 0 saturated carbocycles. The Morgan fingerprint density at radius 2 is 2.00 bits per heavy atom. The lowest BCUT2D eigenvalue weighted by Gasteiger charge is -2.06. The Morgan fingerprint density at radius 1 is 1.25 bits per heavy atom. The molecule has 1 aromatic carbocycles. The van der Waals surface area contributed by atoms with Crippen molar-refractivity contribution in [2.24, 2.45) is 0 Å². The molecule has 126 valence electrons. The van der Waals surface area contributed by atoms with Gasteiger partial charge in [0.1, 0.15) is 5.82 Å². The summed E-state index contributed by atoms with van der Waals surface area (Å²) in [4.78, 5) is 27.7. The minimum atomic E-state index is -0.418. The van der Waals surface area contributed by atoms with Gasteiger partial charge in [0.15, 0.2) is 0 Å². The molecule has 0 fully saturated rings. The first-order valence-corrected chi connectivity index (χ1v) is 8.26. The summed E-state index contributed by atoms with van der Waals surface area (Å²) in [6.45, 7) is 4.06. The predicted octanol–water partition coefficient (Wildman–Crippen LogP) is 2.46. The van der Waals surface area contributed by atoms with E-state index < -0.39 is 5.82 Å². The maximum atomic E-state index is 13.4. The van der Waals surface area contributed by atoms with Crippen LogP contribution >= 0.6 is 11.3 Å². The third kappa shape index (κ3) is 5.27. The van der Waals surface area contributed by atoms with Gasteiger partial charge in [-0.3, -0.25) is 9.59 Å². The highest BCUT2D eigenvalue weighted by Crippen LogP contribution is 2.09. The average molecular weight is 347 g/mol. The van der Waals surface area contributed by atoms with E-state index in [9.17, 15) is 14.0 Å². The minimum absolute atomic E-state index is 0.253. The molecule has 0 aliphatic rings. The highest BCUT2D eigenvalue weighted by molar-refractivity contribution is 7.09. The van der Waals surface area contributed by atoms with E-state index >= 15 is 0 Å². The lowest BCUT2D eigenvalue weighted by Crippen LogP contribution is -2.34. The van der Waals surface area contributed by atoms with Crippen molar-refractivity contribution in [2.75, 3.05) is 13.1 Å². The summed E-state index contributed by atoms with van der Waals surface area (Å²) in [5.74, 6) is -1.06. The minimum Gasteiger partial charge on any atom is -0.351 e. The molecule has 2 N–H and O–H groups in total. The second kappa shape index (κ2) is 8.35. The molecule has 0 aliphatic carbocycles. The van der Waals surface area contributed by atoms with Crippen molar-refractivity contribution in [3.63, 3.8) is 0 Å². The van der Waals surface area contributed by atoms with Crippen LogP contribution in [0.5, 0.6) is 0 Å². The van der Waals surface area contributed by atoms with Gasteiger partial charge in [0.2, 0.25) is 5.91 Å². The molecule has 0 saturated heterocycles. The maximum absolute atomic E-state index is 13.4. The smallest absolute Gasteiger partial charge is 0.251 e. The van der Waals surface area contributed by atoms with Crippen LogP contribution in [0.25, 0.3) is 6.08 Å². The summed E-state index contributed by atoms with van der Waals surface area (Å²) in [5, 5.41) is 8.07. The van der Waals surface area contributed by atoms with Gasteiger partial charge in [-0.15, -0.1) is 11.3 Å². The van der Waals surface area contributed by atoms with Crippen LogP contribution in [-0.2, 0) is 4.79 Å². The summed E-state index contributed by atoms with van der Waals surface area (Å²) in [5.41, 5.74) is 1.48. The van der Waals surface area contributed by atoms with Crippen LogP contribution in [0, 0.1) is 19.7 Å². The fourth-order valence-electron chi connectivity index (χ4n) is 1.87.